The summed E-state index contributed by atoms with van der Waals surface area (Å²) in [7, 11) is 3.98. The van der Waals surface area contributed by atoms with Gasteiger partial charge in [0, 0.05) is 50.1 Å². The Hall–Kier alpha value is -3.38. The maximum Gasteiger partial charge on any atom is 0.269 e. The third kappa shape index (κ3) is 4.92. The van der Waals surface area contributed by atoms with E-state index in [4.69, 9.17) is 5.11 Å². The highest BCUT2D eigenvalue weighted by Crippen LogP contribution is 2.34. The van der Waals surface area contributed by atoms with E-state index in [0.717, 1.165) is 28.1 Å². The van der Waals surface area contributed by atoms with Gasteiger partial charge in [-0.25, -0.2) is 0 Å². The molecule has 150 valence electrons. The van der Waals surface area contributed by atoms with Crippen LogP contribution in [-0.4, -0.2) is 37.3 Å². The van der Waals surface area contributed by atoms with Crippen molar-refractivity contribution in [1.29, 1.82) is 0 Å². The fourth-order valence-corrected chi connectivity index (χ4v) is 3.35. The van der Waals surface area contributed by atoms with Crippen molar-refractivity contribution in [3.8, 4) is 0 Å². The number of benzene rings is 3. The van der Waals surface area contributed by atoms with E-state index >= 15 is 0 Å². The van der Waals surface area contributed by atoms with Gasteiger partial charge >= 0.3 is 0 Å². The summed E-state index contributed by atoms with van der Waals surface area (Å²) in [6, 6.07) is 23.0. The third-order valence-electron chi connectivity index (χ3n) is 4.84. The molecule has 3 aromatic rings. The van der Waals surface area contributed by atoms with Crippen LogP contribution in [0.25, 0.3) is 0 Å². The highest BCUT2D eigenvalue weighted by molar-refractivity contribution is 5.54. The fraction of sp³-hybridized carbons (Fsp3) is 0.217. The van der Waals surface area contributed by atoms with E-state index in [2.05, 4.69) is 29.6 Å². The molecule has 0 saturated carbocycles. The molecular weight excluding hydrogens is 366 g/mol. The van der Waals surface area contributed by atoms with Crippen LogP contribution in [0.1, 0.15) is 22.6 Å². The van der Waals surface area contributed by atoms with E-state index in [1.165, 1.54) is 6.07 Å². The van der Waals surface area contributed by atoms with Gasteiger partial charge in [0.05, 0.1) is 11.5 Å². The number of nitrogens with one attached hydrogen (secondary N) is 1. The van der Waals surface area contributed by atoms with Crippen LogP contribution in [0.3, 0.4) is 0 Å². The molecule has 0 saturated heterocycles. The Bertz CT molecular complexity index is 954. The van der Waals surface area contributed by atoms with Gasteiger partial charge in [0.2, 0.25) is 0 Å². The Morgan fingerprint density at radius 3 is 2.14 bits per heavy atom. The second-order valence-electron chi connectivity index (χ2n) is 7.04. The largest absolute Gasteiger partial charge is 0.395 e. The number of rotatable bonds is 8. The zero-order chi connectivity index (χ0) is 20.8. The smallest absolute Gasteiger partial charge is 0.269 e. The van der Waals surface area contributed by atoms with Gasteiger partial charge in [0.15, 0.2) is 0 Å². The molecule has 0 aliphatic carbocycles. The number of aliphatic hydroxyl groups is 1. The lowest BCUT2D eigenvalue weighted by Crippen LogP contribution is -2.09. The summed E-state index contributed by atoms with van der Waals surface area (Å²) in [5.41, 5.74) is 5.06. The number of nitro groups is 1. The third-order valence-corrected chi connectivity index (χ3v) is 4.84. The molecule has 1 atom stereocenters. The first-order chi connectivity index (χ1) is 14.0. The zero-order valence-electron chi connectivity index (χ0n) is 16.6. The average Bonchev–Trinajstić information content (AvgIpc) is 2.74. The summed E-state index contributed by atoms with van der Waals surface area (Å²) >= 11 is 0. The van der Waals surface area contributed by atoms with Gasteiger partial charge in [-0.3, -0.25) is 10.1 Å². The van der Waals surface area contributed by atoms with E-state index in [1.807, 2.05) is 49.3 Å². The SMILES string of the molecule is CN(C)c1ccc(C(c2ccc(NCCO)cc2)c2cccc([N+](=O)[O-])c2)cc1. The van der Waals surface area contributed by atoms with Crippen LogP contribution in [-0.2, 0) is 0 Å². The molecule has 0 bridgehead atoms. The molecule has 0 aromatic heterocycles. The number of aliphatic hydroxyl groups excluding tert-OH is 1. The molecule has 0 radical (unpaired) electrons. The molecule has 0 fully saturated rings. The Balaban J connectivity index is 2.04. The lowest BCUT2D eigenvalue weighted by molar-refractivity contribution is -0.384. The lowest BCUT2D eigenvalue weighted by Gasteiger charge is -2.21. The Morgan fingerprint density at radius 1 is 0.966 bits per heavy atom. The Kier molecular flexibility index (Phi) is 6.46. The van der Waals surface area contributed by atoms with Crippen LogP contribution in [0.4, 0.5) is 17.1 Å². The lowest BCUT2D eigenvalue weighted by atomic mass is 9.85. The molecule has 0 heterocycles. The second-order valence-corrected chi connectivity index (χ2v) is 7.04. The molecule has 1 unspecified atom stereocenters. The molecule has 0 aliphatic rings. The van der Waals surface area contributed by atoms with Gasteiger partial charge in [-0.05, 0) is 41.0 Å². The van der Waals surface area contributed by atoms with Crippen LogP contribution in [0.2, 0.25) is 0 Å². The summed E-state index contributed by atoms with van der Waals surface area (Å²) < 4.78 is 0. The highest BCUT2D eigenvalue weighted by Gasteiger charge is 2.19. The molecule has 0 spiro atoms. The van der Waals surface area contributed by atoms with Crippen LogP contribution in [0.15, 0.2) is 72.8 Å². The van der Waals surface area contributed by atoms with Gasteiger partial charge in [0.1, 0.15) is 0 Å². The van der Waals surface area contributed by atoms with E-state index in [-0.39, 0.29) is 23.1 Å². The quantitative estimate of drug-likeness (QED) is 0.341. The normalized spacial score (nSPS) is 11.7. The number of anilines is 2. The maximum absolute atomic E-state index is 11.3. The van der Waals surface area contributed by atoms with E-state index in [9.17, 15) is 10.1 Å². The summed E-state index contributed by atoms with van der Waals surface area (Å²) in [6.07, 6.45) is 0. The molecule has 6 heteroatoms. The van der Waals surface area contributed by atoms with Gasteiger partial charge in [-0.2, -0.15) is 0 Å². The number of nitrogens with zero attached hydrogens (tertiary/aromatic N) is 2. The van der Waals surface area contributed by atoms with Crippen LogP contribution in [0, 0.1) is 10.1 Å². The molecule has 0 amide bonds. The summed E-state index contributed by atoms with van der Waals surface area (Å²) in [6.45, 7) is 0.552. The molecule has 29 heavy (non-hydrogen) atoms. The van der Waals surface area contributed by atoms with Crippen LogP contribution < -0.4 is 10.2 Å². The van der Waals surface area contributed by atoms with Gasteiger partial charge in [0.25, 0.3) is 5.69 Å². The monoisotopic (exact) mass is 391 g/mol. The molecule has 6 nitrogen and oxygen atoms in total. The van der Waals surface area contributed by atoms with E-state index in [0.29, 0.717) is 6.54 Å². The minimum atomic E-state index is -0.363. The van der Waals surface area contributed by atoms with E-state index < -0.39 is 0 Å². The van der Waals surface area contributed by atoms with Crippen molar-refractivity contribution in [3.63, 3.8) is 0 Å². The molecule has 3 aromatic carbocycles. The minimum absolute atomic E-state index is 0.0658. The highest BCUT2D eigenvalue weighted by atomic mass is 16.6. The van der Waals surface area contributed by atoms with Crippen molar-refractivity contribution in [2.75, 3.05) is 37.5 Å². The van der Waals surface area contributed by atoms with Crippen molar-refractivity contribution in [1.82, 2.24) is 0 Å². The number of non-ortho nitro benzene ring substituents is 1. The standard InChI is InChI=1S/C23H25N3O3/c1-25(2)21-12-8-18(9-13-21)23(19-4-3-5-22(16-19)26(28)29)17-6-10-20(11-7-17)24-14-15-27/h3-13,16,23-24,27H,14-15H2,1-2H3. The van der Waals surface area contributed by atoms with Crippen molar-refractivity contribution < 1.29 is 10.0 Å². The molecule has 2 N–H and O–H groups in total. The molecule has 3 rings (SSSR count). The molecule has 0 aliphatic heterocycles. The summed E-state index contributed by atoms with van der Waals surface area (Å²) in [5.74, 6) is -0.127. The van der Waals surface area contributed by atoms with Crippen LogP contribution >= 0.6 is 0 Å². The fourth-order valence-electron chi connectivity index (χ4n) is 3.35. The maximum atomic E-state index is 11.3. The number of hydrogen-bond donors (Lipinski definition) is 2. The Morgan fingerprint density at radius 2 is 1.59 bits per heavy atom. The molecular formula is C23H25N3O3. The predicted molar refractivity (Wildman–Crippen MR) is 117 cm³/mol. The first-order valence-electron chi connectivity index (χ1n) is 9.46. The zero-order valence-corrected chi connectivity index (χ0v) is 16.6. The topological polar surface area (TPSA) is 78.6 Å². The van der Waals surface area contributed by atoms with Gasteiger partial charge < -0.3 is 15.3 Å². The second kappa shape index (κ2) is 9.21. The van der Waals surface area contributed by atoms with Crippen LogP contribution in [0.5, 0.6) is 0 Å². The van der Waals surface area contributed by atoms with Gasteiger partial charge in [-0.15, -0.1) is 0 Å². The minimum Gasteiger partial charge on any atom is -0.395 e. The first-order valence-corrected chi connectivity index (χ1v) is 9.46. The summed E-state index contributed by atoms with van der Waals surface area (Å²) in [4.78, 5) is 13.0. The van der Waals surface area contributed by atoms with E-state index in [1.54, 1.807) is 12.1 Å². The first kappa shape index (κ1) is 20.4. The van der Waals surface area contributed by atoms with Crippen molar-refractivity contribution in [3.05, 3.63) is 99.6 Å². The average molecular weight is 391 g/mol. The van der Waals surface area contributed by atoms with Crippen molar-refractivity contribution in [2.24, 2.45) is 0 Å². The number of nitro benzene ring substituents is 1. The summed E-state index contributed by atoms with van der Waals surface area (Å²) in [5, 5.41) is 23.4. The van der Waals surface area contributed by atoms with Crippen molar-refractivity contribution >= 4 is 17.1 Å². The Labute approximate surface area is 170 Å². The van der Waals surface area contributed by atoms with Gasteiger partial charge in [-0.1, -0.05) is 36.4 Å². The predicted octanol–water partition coefficient (Wildman–Crippen LogP) is 4.25. The van der Waals surface area contributed by atoms with Crippen molar-refractivity contribution in [2.45, 2.75) is 5.92 Å². The number of hydrogen-bond acceptors (Lipinski definition) is 5.